The summed E-state index contributed by atoms with van der Waals surface area (Å²) >= 11 is 0. The van der Waals surface area contributed by atoms with Crippen LogP contribution in [0.25, 0.3) is 0 Å². The summed E-state index contributed by atoms with van der Waals surface area (Å²) in [6.45, 7) is 4.20. The third-order valence-electron chi connectivity index (χ3n) is 4.95. The van der Waals surface area contributed by atoms with E-state index in [2.05, 4.69) is 11.8 Å². The van der Waals surface area contributed by atoms with Gasteiger partial charge in [-0.2, -0.15) is 0 Å². The highest BCUT2D eigenvalue weighted by Gasteiger charge is 2.30. The normalized spacial score (nSPS) is 35.1. The molecule has 0 aromatic heterocycles. The number of carboxylic acid groups (broad SMARTS) is 1. The van der Waals surface area contributed by atoms with E-state index in [4.69, 9.17) is 5.11 Å². The van der Waals surface area contributed by atoms with Crippen molar-refractivity contribution in [3.63, 3.8) is 0 Å². The maximum Gasteiger partial charge on any atom is 0.307 e. The minimum absolute atomic E-state index is 0.121. The van der Waals surface area contributed by atoms with E-state index >= 15 is 0 Å². The van der Waals surface area contributed by atoms with Crippen LogP contribution in [0.1, 0.15) is 58.3 Å². The number of rotatable bonds is 3. The lowest BCUT2D eigenvalue weighted by molar-refractivity contribution is -0.144. The first-order valence-corrected chi connectivity index (χ1v) is 7.67. The summed E-state index contributed by atoms with van der Waals surface area (Å²) in [6.07, 6.45) is 9.86. The second kappa shape index (κ2) is 6.55. The van der Waals surface area contributed by atoms with Gasteiger partial charge in [0.25, 0.3) is 0 Å². The molecule has 3 unspecified atom stereocenters. The average molecular weight is 253 g/mol. The summed E-state index contributed by atoms with van der Waals surface area (Å²) in [5.41, 5.74) is 0. The first kappa shape index (κ1) is 13.9. The standard InChI is InChI=1S/C15H27NO2/c1-2-12-5-3-7-14(9-8-12)16-10-4-6-13(11-16)15(17)18/h12-14H,2-11H2,1H3,(H,17,18). The van der Waals surface area contributed by atoms with Gasteiger partial charge >= 0.3 is 5.97 Å². The summed E-state index contributed by atoms with van der Waals surface area (Å²) in [5.74, 6) is 0.193. The molecule has 0 radical (unpaired) electrons. The van der Waals surface area contributed by atoms with E-state index in [1.165, 1.54) is 38.5 Å². The van der Waals surface area contributed by atoms with Gasteiger partial charge in [0.05, 0.1) is 5.92 Å². The number of piperidine rings is 1. The highest BCUT2D eigenvalue weighted by atomic mass is 16.4. The fourth-order valence-electron chi connectivity index (χ4n) is 3.67. The first-order chi connectivity index (χ1) is 8.70. The smallest absolute Gasteiger partial charge is 0.307 e. The number of aliphatic carboxylic acids is 1. The Morgan fingerprint density at radius 3 is 2.72 bits per heavy atom. The quantitative estimate of drug-likeness (QED) is 0.786. The molecule has 1 saturated carbocycles. The zero-order valence-electron chi connectivity index (χ0n) is 11.6. The lowest BCUT2D eigenvalue weighted by atomic mass is 9.94. The molecular formula is C15H27NO2. The fraction of sp³-hybridized carbons (Fsp3) is 0.933. The summed E-state index contributed by atoms with van der Waals surface area (Å²) in [4.78, 5) is 13.6. The molecule has 0 amide bonds. The molecule has 3 atom stereocenters. The van der Waals surface area contributed by atoms with Crippen molar-refractivity contribution < 1.29 is 9.90 Å². The van der Waals surface area contributed by atoms with Crippen LogP contribution in [0.2, 0.25) is 0 Å². The zero-order valence-corrected chi connectivity index (χ0v) is 11.6. The van der Waals surface area contributed by atoms with E-state index in [0.717, 1.165) is 31.8 Å². The minimum Gasteiger partial charge on any atom is -0.481 e. The van der Waals surface area contributed by atoms with Gasteiger partial charge in [0, 0.05) is 12.6 Å². The molecule has 2 fully saturated rings. The number of nitrogens with zero attached hydrogens (tertiary/aromatic N) is 1. The molecule has 0 aromatic rings. The second-order valence-corrected chi connectivity index (χ2v) is 6.11. The Bertz CT molecular complexity index is 280. The Morgan fingerprint density at radius 2 is 2.00 bits per heavy atom. The molecule has 2 aliphatic rings. The molecule has 18 heavy (non-hydrogen) atoms. The largest absolute Gasteiger partial charge is 0.481 e. The molecule has 1 saturated heterocycles. The molecule has 0 bridgehead atoms. The summed E-state index contributed by atoms with van der Waals surface area (Å²) in [7, 11) is 0. The van der Waals surface area contributed by atoms with Gasteiger partial charge in [0.1, 0.15) is 0 Å². The van der Waals surface area contributed by atoms with Gasteiger partial charge < -0.3 is 5.11 Å². The molecule has 3 nitrogen and oxygen atoms in total. The van der Waals surface area contributed by atoms with Crippen molar-refractivity contribution in [2.75, 3.05) is 13.1 Å². The van der Waals surface area contributed by atoms with E-state index in [1.807, 2.05) is 0 Å². The predicted octanol–water partition coefficient (Wildman–Crippen LogP) is 3.14. The molecule has 0 aromatic carbocycles. The molecule has 0 spiro atoms. The highest BCUT2D eigenvalue weighted by Crippen LogP contribution is 2.30. The molecule has 2 rings (SSSR count). The van der Waals surface area contributed by atoms with Gasteiger partial charge in [0.2, 0.25) is 0 Å². The van der Waals surface area contributed by atoms with E-state index in [0.29, 0.717) is 6.04 Å². The molecule has 3 heteroatoms. The van der Waals surface area contributed by atoms with E-state index in [-0.39, 0.29) is 5.92 Å². The van der Waals surface area contributed by atoms with E-state index in [9.17, 15) is 4.79 Å². The number of carbonyl (C=O) groups is 1. The average Bonchev–Trinajstić information content (AvgIpc) is 2.64. The molecule has 104 valence electrons. The van der Waals surface area contributed by atoms with Crippen LogP contribution in [0.4, 0.5) is 0 Å². The summed E-state index contributed by atoms with van der Waals surface area (Å²) < 4.78 is 0. The first-order valence-electron chi connectivity index (χ1n) is 7.67. The Labute approximate surface area is 111 Å². The van der Waals surface area contributed by atoms with Gasteiger partial charge in [0.15, 0.2) is 0 Å². The van der Waals surface area contributed by atoms with Gasteiger partial charge in [-0.3, -0.25) is 9.69 Å². The number of likely N-dealkylation sites (tertiary alicyclic amines) is 1. The van der Waals surface area contributed by atoms with Crippen molar-refractivity contribution >= 4 is 5.97 Å². The van der Waals surface area contributed by atoms with Crippen molar-refractivity contribution in [3.05, 3.63) is 0 Å². The Hall–Kier alpha value is -0.570. The maximum atomic E-state index is 11.1. The minimum atomic E-state index is -0.597. The van der Waals surface area contributed by atoms with E-state index < -0.39 is 5.97 Å². The van der Waals surface area contributed by atoms with Gasteiger partial charge in [-0.15, -0.1) is 0 Å². The molecule has 1 N–H and O–H groups in total. The van der Waals surface area contributed by atoms with Crippen molar-refractivity contribution in [3.8, 4) is 0 Å². The monoisotopic (exact) mass is 253 g/mol. The van der Waals surface area contributed by atoms with Crippen LogP contribution < -0.4 is 0 Å². The topological polar surface area (TPSA) is 40.5 Å². The van der Waals surface area contributed by atoms with Crippen molar-refractivity contribution in [1.29, 1.82) is 0 Å². The summed E-state index contributed by atoms with van der Waals surface area (Å²) in [5, 5.41) is 9.16. The van der Waals surface area contributed by atoms with Crippen molar-refractivity contribution in [1.82, 2.24) is 4.90 Å². The maximum absolute atomic E-state index is 11.1. The summed E-state index contributed by atoms with van der Waals surface area (Å²) in [6, 6.07) is 0.656. The molecule has 1 heterocycles. The van der Waals surface area contributed by atoms with Crippen molar-refractivity contribution in [2.45, 2.75) is 64.3 Å². The highest BCUT2D eigenvalue weighted by molar-refractivity contribution is 5.70. The Morgan fingerprint density at radius 1 is 1.17 bits per heavy atom. The number of hydrogen-bond acceptors (Lipinski definition) is 2. The zero-order chi connectivity index (χ0) is 13.0. The van der Waals surface area contributed by atoms with E-state index in [1.54, 1.807) is 0 Å². The number of hydrogen-bond donors (Lipinski definition) is 1. The van der Waals surface area contributed by atoms with Crippen molar-refractivity contribution in [2.24, 2.45) is 11.8 Å². The Balaban J connectivity index is 1.88. The van der Waals surface area contributed by atoms with Crippen LogP contribution in [-0.4, -0.2) is 35.1 Å². The molecule has 1 aliphatic carbocycles. The lowest BCUT2D eigenvalue weighted by Gasteiger charge is -2.36. The third kappa shape index (κ3) is 3.47. The van der Waals surface area contributed by atoms with Crippen LogP contribution in [-0.2, 0) is 4.79 Å². The lowest BCUT2D eigenvalue weighted by Crippen LogP contribution is -2.44. The second-order valence-electron chi connectivity index (χ2n) is 6.11. The molecule has 1 aliphatic heterocycles. The van der Waals surface area contributed by atoms with Crippen LogP contribution in [0.15, 0.2) is 0 Å². The van der Waals surface area contributed by atoms with Crippen LogP contribution in [0, 0.1) is 11.8 Å². The van der Waals surface area contributed by atoms with Crippen LogP contribution >= 0.6 is 0 Å². The van der Waals surface area contributed by atoms with Gasteiger partial charge in [-0.05, 0) is 44.6 Å². The fourth-order valence-corrected chi connectivity index (χ4v) is 3.67. The third-order valence-corrected chi connectivity index (χ3v) is 4.95. The van der Waals surface area contributed by atoms with Gasteiger partial charge in [-0.1, -0.05) is 26.2 Å². The Kier molecular flexibility index (Phi) is 5.04. The molecular weight excluding hydrogens is 226 g/mol. The number of carboxylic acids is 1. The van der Waals surface area contributed by atoms with Gasteiger partial charge in [-0.25, -0.2) is 0 Å². The SMILES string of the molecule is CCC1CCCC(N2CCCC(C(=O)O)C2)CC1. The van der Waals surface area contributed by atoms with Crippen LogP contribution in [0.3, 0.4) is 0 Å². The van der Waals surface area contributed by atoms with Crippen LogP contribution in [0.5, 0.6) is 0 Å². The predicted molar refractivity (Wildman–Crippen MR) is 72.6 cm³/mol.